The number of nitrogens with zero attached hydrogens (tertiary/aromatic N) is 4. The molecule has 162 valence electrons. The molecule has 1 fully saturated rings. The predicted molar refractivity (Wildman–Crippen MR) is 115 cm³/mol. The Kier molecular flexibility index (Phi) is 6.66. The summed E-state index contributed by atoms with van der Waals surface area (Å²) in [5, 5.41) is 23.4. The van der Waals surface area contributed by atoms with Gasteiger partial charge < -0.3 is 25.2 Å². The monoisotopic (exact) mass is 413 g/mol. The molecule has 0 bridgehead atoms. The van der Waals surface area contributed by atoms with Crippen LogP contribution in [0.4, 0.5) is 0 Å². The lowest BCUT2D eigenvalue weighted by Gasteiger charge is -2.30. The van der Waals surface area contributed by atoms with Crippen molar-refractivity contribution in [2.45, 2.75) is 32.0 Å². The van der Waals surface area contributed by atoms with E-state index in [0.29, 0.717) is 12.2 Å². The Morgan fingerprint density at radius 1 is 1.27 bits per heavy atom. The molecule has 3 heterocycles. The summed E-state index contributed by atoms with van der Waals surface area (Å²) >= 11 is 0. The van der Waals surface area contributed by atoms with Crippen molar-refractivity contribution in [2.75, 3.05) is 46.0 Å². The maximum atomic E-state index is 10.3. The zero-order chi connectivity index (χ0) is 20.9. The van der Waals surface area contributed by atoms with Crippen LogP contribution in [0.5, 0.6) is 5.75 Å². The van der Waals surface area contributed by atoms with E-state index in [-0.39, 0.29) is 24.4 Å². The Morgan fingerprint density at radius 3 is 2.90 bits per heavy atom. The van der Waals surface area contributed by atoms with Crippen LogP contribution in [-0.4, -0.2) is 89.0 Å². The van der Waals surface area contributed by atoms with Gasteiger partial charge in [0.1, 0.15) is 11.4 Å². The maximum absolute atomic E-state index is 10.3. The highest BCUT2D eigenvalue weighted by atomic mass is 16.5. The number of aliphatic imine (C=N–C) groups is 1. The molecule has 1 aliphatic carbocycles. The smallest absolute Gasteiger partial charge is 0.195 e. The van der Waals surface area contributed by atoms with Gasteiger partial charge in [-0.2, -0.15) is 0 Å². The summed E-state index contributed by atoms with van der Waals surface area (Å²) in [6, 6.07) is 3.49. The van der Waals surface area contributed by atoms with Crippen molar-refractivity contribution in [3.8, 4) is 5.75 Å². The van der Waals surface area contributed by atoms with Crippen LogP contribution >= 0.6 is 0 Å². The minimum Gasteiger partial charge on any atom is -0.506 e. The van der Waals surface area contributed by atoms with E-state index < -0.39 is 0 Å². The summed E-state index contributed by atoms with van der Waals surface area (Å²) in [5.74, 6) is 1.00. The highest BCUT2D eigenvalue weighted by Gasteiger charge is 2.35. The first-order valence-electron chi connectivity index (χ1n) is 10.7. The number of aromatic hydroxyl groups is 1. The largest absolute Gasteiger partial charge is 0.506 e. The second-order valence-corrected chi connectivity index (χ2v) is 7.97. The van der Waals surface area contributed by atoms with Gasteiger partial charge in [0, 0.05) is 25.3 Å². The summed E-state index contributed by atoms with van der Waals surface area (Å²) in [5.41, 5.74) is 2.38. The molecule has 0 radical (unpaired) electrons. The zero-order valence-corrected chi connectivity index (χ0v) is 17.5. The number of ether oxygens (including phenoxy) is 1. The van der Waals surface area contributed by atoms with Crippen molar-refractivity contribution in [1.82, 2.24) is 20.1 Å². The van der Waals surface area contributed by atoms with Crippen LogP contribution in [0, 0.1) is 6.92 Å². The van der Waals surface area contributed by atoms with Gasteiger partial charge in [0.15, 0.2) is 5.96 Å². The number of aliphatic hydroxyl groups is 1. The van der Waals surface area contributed by atoms with E-state index in [1.54, 1.807) is 12.1 Å². The van der Waals surface area contributed by atoms with Gasteiger partial charge in [-0.05, 0) is 37.6 Å². The molecule has 0 amide bonds. The Hall–Kier alpha value is -2.42. The number of fused-ring (bicyclic) bond motifs is 1. The lowest BCUT2D eigenvalue weighted by atomic mass is 9.98. The normalized spacial score (nSPS) is 23.9. The molecule has 1 aromatic heterocycles. The van der Waals surface area contributed by atoms with Crippen molar-refractivity contribution in [3.05, 3.63) is 47.3 Å². The van der Waals surface area contributed by atoms with Crippen LogP contribution < -0.4 is 5.32 Å². The van der Waals surface area contributed by atoms with E-state index in [9.17, 15) is 10.2 Å². The van der Waals surface area contributed by atoms with E-state index in [1.165, 1.54) is 0 Å². The maximum Gasteiger partial charge on any atom is 0.195 e. The average Bonchev–Trinajstić information content (AvgIpc) is 3.11. The molecule has 8 nitrogen and oxygen atoms in total. The molecule has 4 rings (SSSR count). The van der Waals surface area contributed by atoms with Gasteiger partial charge in [0.05, 0.1) is 38.4 Å². The fraction of sp³-hybridized carbons (Fsp3) is 0.545. The molecular formula is C22H31N5O3. The summed E-state index contributed by atoms with van der Waals surface area (Å²) < 4.78 is 5.41. The number of hydrogen-bond donors (Lipinski definition) is 3. The van der Waals surface area contributed by atoms with Crippen LogP contribution in [0.25, 0.3) is 0 Å². The van der Waals surface area contributed by atoms with E-state index in [2.05, 4.69) is 26.2 Å². The predicted octanol–water partition coefficient (Wildman–Crippen LogP) is 0.805. The quantitative estimate of drug-likeness (QED) is 0.570. The Bertz CT molecular complexity index is 832. The van der Waals surface area contributed by atoms with E-state index >= 15 is 0 Å². The first-order valence-corrected chi connectivity index (χ1v) is 10.7. The summed E-state index contributed by atoms with van der Waals surface area (Å²) in [6.07, 6.45) is 7.05. The van der Waals surface area contributed by atoms with Gasteiger partial charge in [-0.15, -0.1) is 0 Å². The standard InChI is InChI=1S/C22H31N5O3/c1-16-3-6-21(29)19(24-16)14-27-20-13-17(15-28)4-5-18(20)25-22(27)23-7-2-8-26-9-11-30-12-10-26/h3-6,13,18,20,28-29H,2,7-12,14-15H2,1H3,(H,23,25). The minimum absolute atomic E-state index is 0.000561. The lowest BCUT2D eigenvalue weighted by Crippen LogP contribution is -2.45. The van der Waals surface area contributed by atoms with Crippen molar-refractivity contribution in [1.29, 1.82) is 0 Å². The SMILES string of the molecule is Cc1ccc(O)c(CN2C(NCCCN3CCOCC3)=NC3C=CC(CO)=CC32)n1. The fourth-order valence-electron chi connectivity index (χ4n) is 4.10. The molecule has 2 atom stereocenters. The average molecular weight is 414 g/mol. The van der Waals surface area contributed by atoms with Gasteiger partial charge in [-0.25, -0.2) is 4.99 Å². The van der Waals surface area contributed by atoms with E-state index in [1.807, 2.05) is 19.1 Å². The first-order chi connectivity index (χ1) is 14.6. The van der Waals surface area contributed by atoms with Gasteiger partial charge in [-0.1, -0.05) is 18.2 Å². The molecular weight excluding hydrogens is 382 g/mol. The van der Waals surface area contributed by atoms with Crippen molar-refractivity contribution >= 4 is 5.96 Å². The number of guanidine groups is 1. The number of morpholine rings is 1. The van der Waals surface area contributed by atoms with E-state index in [0.717, 1.165) is 63.0 Å². The molecule has 2 unspecified atom stereocenters. The summed E-state index contributed by atoms with van der Waals surface area (Å²) in [7, 11) is 0. The summed E-state index contributed by atoms with van der Waals surface area (Å²) in [4.78, 5) is 14.0. The number of aromatic nitrogens is 1. The van der Waals surface area contributed by atoms with Crippen molar-refractivity contribution < 1.29 is 14.9 Å². The molecule has 1 saturated heterocycles. The Balaban J connectivity index is 1.43. The molecule has 0 saturated carbocycles. The topological polar surface area (TPSA) is 93.5 Å². The second kappa shape index (κ2) is 9.59. The number of pyridine rings is 1. The Morgan fingerprint density at radius 2 is 2.10 bits per heavy atom. The highest BCUT2D eigenvalue weighted by molar-refractivity contribution is 5.83. The molecule has 3 N–H and O–H groups in total. The lowest BCUT2D eigenvalue weighted by molar-refractivity contribution is 0.0375. The fourth-order valence-corrected chi connectivity index (χ4v) is 4.10. The molecule has 30 heavy (non-hydrogen) atoms. The number of aryl methyl sites for hydroxylation is 1. The number of nitrogens with one attached hydrogen (secondary N) is 1. The van der Waals surface area contributed by atoms with Gasteiger partial charge >= 0.3 is 0 Å². The highest BCUT2D eigenvalue weighted by Crippen LogP contribution is 2.28. The van der Waals surface area contributed by atoms with Crippen molar-refractivity contribution in [3.63, 3.8) is 0 Å². The van der Waals surface area contributed by atoms with Gasteiger partial charge in [0.25, 0.3) is 0 Å². The summed E-state index contributed by atoms with van der Waals surface area (Å²) in [6.45, 7) is 7.85. The van der Waals surface area contributed by atoms with Gasteiger partial charge in [-0.3, -0.25) is 9.88 Å². The second-order valence-electron chi connectivity index (χ2n) is 7.97. The molecule has 0 spiro atoms. The minimum atomic E-state index is -0.00556. The molecule has 8 heteroatoms. The first kappa shape index (κ1) is 20.8. The van der Waals surface area contributed by atoms with Crippen LogP contribution in [-0.2, 0) is 11.3 Å². The van der Waals surface area contributed by atoms with Gasteiger partial charge in [0.2, 0.25) is 0 Å². The third kappa shape index (κ3) is 4.83. The third-order valence-corrected chi connectivity index (χ3v) is 5.78. The molecule has 1 aromatic rings. The number of rotatable bonds is 7. The molecule has 3 aliphatic rings. The zero-order valence-electron chi connectivity index (χ0n) is 17.5. The van der Waals surface area contributed by atoms with Crippen molar-refractivity contribution in [2.24, 2.45) is 4.99 Å². The van der Waals surface area contributed by atoms with Crippen LogP contribution in [0.3, 0.4) is 0 Å². The molecule has 0 aromatic carbocycles. The number of aliphatic hydroxyl groups excluding tert-OH is 1. The van der Waals surface area contributed by atoms with Crippen LogP contribution in [0.1, 0.15) is 17.8 Å². The van der Waals surface area contributed by atoms with Crippen LogP contribution in [0.15, 0.2) is 40.9 Å². The number of hydrogen-bond acceptors (Lipinski definition) is 8. The van der Waals surface area contributed by atoms with Crippen LogP contribution in [0.2, 0.25) is 0 Å². The molecule has 2 aliphatic heterocycles. The van der Waals surface area contributed by atoms with E-state index in [4.69, 9.17) is 9.73 Å². The Labute approximate surface area is 177 Å². The third-order valence-electron chi connectivity index (χ3n) is 5.78.